The number of methoxy groups -OCH3 is 2. The Morgan fingerprint density at radius 1 is 0.796 bits per heavy atom. The van der Waals surface area contributed by atoms with Crippen molar-refractivity contribution in [2.24, 2.45) is 0 Å². The molecule has 0 bridgehead atoms. The molecule has 0 spiro atoms. The molecule has 0 N–H and O–H groups in total. The number of fused-ring (bicyclic) bond motifs is 1. The van der Waals surface area contributed by atoms with Crippen LogP contribution in [0.25, 0.3) is 32.5 Å². The van der Waals surface area contributed by atoms with Crippen LogP contribution in [-0.2, 0) is 14.6 Å². The fraction of sp³-hybridized carbons (Fsp3) is 0.195. The first-order valence-electron chi connectivity index (χ1n) is 16.1. The zero-order valence-electron chi connectivity index (χ0n) is 29.2. The lowest BCUT2D eigenvalue weighted by atomic mass is 9.97. The van der Waals surface area contributed by atoms with Crippen molar-refractivity contribution in [2.75, 3.05) is 19.1 Å². The average molecular weight is 791 g/mol. The largest absolute Gasteiger partial charge is 0.501 e. The minimum atomic E-state index is -5.67. The Balaban J connectivity index is 0.00000561. The summed E-state index contributed by atoms with van der Waals surface area (Å²) in [5.41, 5.74) is -2.74. The van der Waals surface area contributed by atoms with Gasteiger partial charge in [-0.1, -0.05) is 31.7 Å². The second-order valence-corrected chi connectivity index (χ2v) is 16.6. The molecule has 1 aliphatic rings. The summed E-state index contributed by atoms with van der Waals surface area (Å²) in [6.45, 7) is 11.6. The summed E-state index contributed by atoms with van der Waals surface area (Å²) in [6, 6.07) is 28.1. The van der Waals surface area contributed by atoms with Crippen LogP contribution >= 0.6 is 22.7 Å². The number of thiophene rings is 2. The van der Waals surface area contributed by atoms with Crippen LogP contribution in [0.2, 0.25) is 0 Å². The van der Waals surface area contributed by atoms with Gasteiger partial charge in [0.2, 0.25) is 5.70 Å². The van der Waals surface area contributed by atoms with Crippen LogP contribution < -0.4 is 14.4 Å². The van der Waals surface area contributed by atoms with Gasteiger partial charge in [-0.15, -0.1) is 22.7 Å². The van der Waals surface area contributed by atoms with Crippen LogP contribution in [0, 0.1) is 6.57 Å². The van der Waals surface area contributed by atoms with E-state index in [0.29, 0.717) is 5.57 Å². The summed E-state index contributed by atoms with van der Waals surface area (Å²) < 4.78 is 82.4. The number of anilines is 3. The third-order valence-electron chi connectivity index (χ3n) is 8.53. The van der Waals surface area contributed by atoms with E-state index in [0.717, 1.165) is 60.2 Å². The van der Waals surface area contributed by atoms with Crippen molar-refractivity contribution >= 4 is 77.2 Å². The molecular weight excluding hydrogens is 754 g/mol. The molecule has 0 aliphatic carbocycles. The first-order chi connectivity index (χ1) is 25.1. The molecule has 5 aromatic rings. The van der Waals surface area contributed by atoms with Crippen LogP contribution in [0.4, 0.5) is 30.2 Å². The molecule has 280 valence electrons. The number of hydrogen-bond acceptors (Lipinski definition) is 8. The normalized spacial score (nSPS) is 15.3. The predicted octanol–water partition coefficient (Wildman–Crippen LogP) is 12.4. The van der Waals surface area contributed by atoms with Gasteiger partial charge in [-0.05, 0) is 111 Å². The van der Waals surface area contributed by atoms with Gasteiger partial charge in [0, 0.05) is 41.8 Å². The fourth-order valence-corrected chi connectivity index (χ4v) is 8.67. The van der Waals surface area contributed by atoms with E-state index in [2.05, 4.69) is 52.2 Å². The number of nitrogens with zero attached hydrogens (tertiary/aromatic N) is 2. The average Bonchev–Trinajstić information content (AvgIpc) is 3.78. The van der Waals surface area contributed by atoms with E-state index in [1.807, 2.05) is 54.6 Å². The minimum absolute atomic E-state index is 0. The molecule has 0 saturated heterocycles. The maximum atomic E-state index is 13.3. The fourth-order valence-electron chi connectivity index (χ4n) is 5.72. The Bertz CT molecular complexity index is 2350. The summed E-state index contributed by atoms with van der Waals surface area (Å²) in [4.78, 5) is 6.40. The summed E-state index contributed by atoms with van der Waals surface area (Å²) >= 11 is 3.14. The summed E-state index contributed by atoms with van der Waals surface area (Å²) in [7, 11) is -2.39. The highest BCUT2D eigenvalue weighted by Crippen LogP contribution is 2.45. The van der Waals surface area contributed by atoms with E-state index in [-0.39, 0.29) is 13.1 Å². The molecule has 6 rings (SSSR count). The number of benzene rings is 3. The van der Waals surface area contributed by atoms with Gasteiger partial charge in [-0.2, -0.15) is 13.2 Å². The lowest BCUT2D eigenvalue weighted by molar-refractivity contribution is -0.0428. The smallest absolute Gasteiger partial charge is 0.497 e. The molecule has 13 heteroatoms. The van der Waals surface area contributed by atoms with Gasteiger partial charge >= 0.3 is 5.51 Å². The van der Waals surface area contributed by atoms with Gasteiger partial charge in [-0.3, -0.25) is 0 Å². The van der Waals surface area contributed by atoms with Crippen LogP contribution in [-0.4, -0.2) is 33.7 Å². The highest BCUT2D eigenvalue weighted by atomic mass is 32.2. The molecule has 3 heterocycles. The van der Waals surface area contributed by atoms with Crippen molar-refractivity contribution in [3.8, 4) is 11.5 Å². The van der Waals surface area contributed by atoms with E-state index >= 15 is 0 Å². The van der Waals surface area contributed by atoms with Crippen molar-refractivity contribution in [3.63, 3.8) is 0 Å². The van der Waals surface area contributed by atoms with Crippen molar-refractivity contribution < 1.29 is 35.8 Å². The van der Waals surface area contributed by atoms with Gasteiger partial charge in [0.15, 0.2) is 0 Å². The highest BCUT2D eigenvalue weighted by Gasteiger charge is 2.50. The predicted molar refractivity (Wildman–Crippen MR) is 215 cm³/mol. The van der Waals surface area contributed by atoms with E-state index in [1.165, 1.54) is 11.3 Å². The molecule has 1 aliphatic heterocycles. The third-order valence-corrected chi connectivity index (χ3v) is 12.4. The number of hydrogen-bond donors (Lipinski definition) is 0. The zero-order chi connectivity index (χ0) is 38.1. The highest BCUT2D eigenvalue weighted by molar-refractivity contribution is 7.96. The Morgan fingerprint density at radius 3 is 1.67 bits per heavy atom. The number of halogens is 3. The summed E-state index contributed by atoms with van der Waals surface area (Å²) in [5, 5.41) is 0. The number of ether oxygens (including phenoxy) is 3. The number of rotatable bonds is 10. The minimum Gasteiger partial charge on any atom is -0.497 e. The Kier molecular flexibility index (Phi) is 11.5. The summed E-state index contributed by atoms with van der Waals surface area (Å²) in [5.74, 6) is 0.969. The SMILES string of the molecule is C.[C-]#[N+]C1=C(/C=C/c2cc3sc(/C=C/c4ccc(N(c5ccc(OC)cc5)c5ccc(OC)cc5)cc4)cc3s2)C(C)(C)O/C1=C(/C)S(=O)(=O)C(F)(F)F. The molecule has 0 unspecified atom stereocenters. The Morgan fingerprint density at radius 2 is 1.24 bits per heavy atom. The number of sulfone groups is 1. The third kappa shape index (κ3) is 7.96. The molecule has 0 atom stereocenters. The second kappa shape index (κ2) is 15.6. The maximum absolute atomic E-state index is 13.3. The first-order valence-corrected chi connectivity index (χ1v) is 19.2. The van der Waals surface area contributed by atoms with Crippen LogP contribution in [0.3, 0.4) is 0 Å². The first kappa shape index (κ1) is 39.9. The molecule has 0 saturated carbocycles. The monoisotopic (exact) mass is 790 g/mol. The quantitative estimate of drug-likeness (QED) is 0.131. The van der Waals surface area contributed by atoms with Crippen LogP contribution in [0.1, 0.15) is 43.5 Å². The van der Waals surface area contributed by atoms with Crippen molar-refractivity contribution in [3.05, 3.63) is 140 Å². The van der Waals surface area contributed by atoms with Crippen molar-refractivity contribution in [2.45, 2.75) is 39.3 Å². The molecule has 0 fully saturated rings. The van der Waals surface area contributed by atoms with Crippen LogP contribution in [0.15, 0.2) is 113 Å². The summed E-state index contributed by atoms with van der Waals surface area (Å²) in [6.07, 6.45) is 7.48. The van der Waals surface area contributed by atoms with E-state index in [1.54, 1.807) is 51.6 Å². The van der Waals surface area contributed by atoms with Gasteiger partial charge in [0.05, 0.1) is 25.7 Å². The maximum Gasteiger partial charge on any atom is 0.501 e. The van der Waals surface area contributed by atoms with E-state index in [9.17, 15) is 21.6 Å². The second-order valence-electron chi connectivity index (χ2n) is 12.3. The molecule has 2 aromatic heterocycles. The van der Waals surface area contributed by atoms with Crippen LogP contribution in [0.5, 0.6) is 11.5 Å². The standard InChI is InChI=1S/C40H33F3N2O5S3.CH4/c1-25(53(46,47)40(41,42)43)38-37(44-4)34(39(2,3)50-38)22-21-33-24-36-35(52-33)23-32(51-36)20-9-26-7-10-27(11-8-26)45(28-12-16-30(48-5)17-13-28)29-14-18-31(49-6)19-15-29;/h7-24H,1-3,5-6H3;1H4/b20-9+,22-21+,38-25-;. The van der Waals surface area contributed by atoms with Crippen molar-refractivity contribution in [1.29, 1.82) is 0 Å². The van der Waals surface area contributed by atoms with E-state index < -0.39 is 31.6 Å². The Hall–Kier alpha value is -5.29. The van der Waals surface area contributed by atoms with Gasteiger partial charge < -0.3 is 19.1 Å². The van der Waals surface area contributed by atoms with Gasteiger partial charge in [0.25, 0.3) is 9.84 Å². The van der Waals surface area contributed by atoms with Crippen molar-refractivity contribution in [1.82, 2.24) is 0 Å². The van der Waals surface area contributed by atoms with Gasteiger partial charge in [-0.25, -0.2) is 13.3 Å². The molecule has 3 aromatic carbocycles. The Labute approximate surface area is 321 Å². The molecule has 7 nitrogen and oxygen atoms in total. The zero-order valence-corrected chi connectivity index (χ0v) is 31.6. The van der Waals surface area contributed by atoms with E-state index in [4.69, 9.17) is 20.8 Å². The molecule has 0 amide bonds. The lowest BCUT2D eigenvalue weighted by Crippen LogP contribution is -2.26. The number of alkyl halides is 3. The number of allylic oxidation sites excluding steroid dienone is 1. The molecule has 54 heavy (non-hydrogen) atoms. The van der Waals surface area contributed by atoms with Gasteiger partial charge in [0.1, 0.15) is 22.9 Å². The topological polar surface area (TPSA) is 69.4 Å². The molecular formula is C41H37F3N2O5S3. The lowest BCUT2D eigenvalue weighted by Gasteiger charge is -2.26. The molecule has 0 radical (unpaired) electrons.